The first kappa shape index (κ1) is 15.8. The lowest BCUT2D eigenvalue weighted by Crippen LogP contribution is -2.37. The number of anilines is 1. The molecule has 0 bridgehead atoms. The van der Waals surface area contributed by atoms with Crippen LogP contribution in [0.3, 0.4) is 0 Å². The van der Waals surface area contributed by atoms with Crippen molar-refractivity contribution in [1.29, 1.82) is 0 Å². The number of carbonyl (C=O) groups is 2. The number of para-hydroxylation sites is 1. The second-order valence-electron chi connectivity index (χ2n) is 4.61. The number of benzene rings is 1. The van der Waals surface area contributed by atoms with Crippen molar-refractivity contribution in [1.82, 2.24) is 9.80 Å². The molecule has 20 heavy (non-hydrogen) atoms. The number of nitrogen functional groups attached to an aromatic ring is 1. The van der Waals surface area contributed by atoms with E-state index in [1.165, 1.54) is 9.80 Å². The van der Waals surface area contributed by atoms with Crippen molar-refractivity contribution in [2.45, 2.75) is 6.92 Å². The number of nitrogens with two attached hydrogens (primary N) is 1. The van der Waals surface area contributed by atoms with Crippen molar-refractivity contribution in [3.05, 3.63) is 23.8 Å². The van der Waals surface area contributed by atoms with Gasteiger partial charge in [-0.2, -0.15) is 0 Å². The van der Waals surface area contributed by atoms with E-state index in [1.54, 1.807) is 39.3 Å². The third-order valence-corrected chi connectivity index (χ3v) is 2.78. The number of rotatable bonds is 5. The minimum atomic E-state index is -0.295. The predicted octanol–water partition coefficient (Wildman–Crippen LogP) is 0.828. The fourth-order valence-electron chi connectivity index (χ4n) is 1.65. The fraction of sp³-hybridized carbons (Fsp3) is 0.429. The molecule has 0 heterocycles. The highest BCUT2D eigenvalue weighted by Gasteiger charge is 2.20. The molecular formula is C14H21N3O3. The molecule has 0 atom stereocenters. The minimum absolute atomic E-state index is 0.00615. The van der Waals surface area contributed by atoms with Crippen molar-refractivity contribution >= 4 is 17.5 Å². The summed E-state index contributed by atoms with van der Waals surface area (Å²) >= 11 is 0. The smallest absolute Gasteiger partial charge is 0.257 e. The van der Waals surface area contributed by atoms with Gasteiger partial charge in [-0.05, 0) is 19.1 Å². The van der Waals surface area contributed by atoms with Gasteiger partial charge in [0.05, 0.1) is 24.4 Å². The summed E-state index contributed by atoms with van der Waals surface area (Å²) in [5.74, 6) is -0.0807. The number of hydrogen-bond donors (Lipinski definition) is 1. The summed E-state index contributed by atoms with van der Waals surface area (Å²) in [6, 6.07) is 5.00. The normalized spacial score (nSPS) is 10.0. The number of hydrogen-bond acceptors (Lipinski definition) is 4. The van der Waals surface area contributed by atoms with E-state index < -0.39 is 0 Å². The zero-order valence-electron chi connectivity index (χ0n) is 12.3. The van der Waals surface area contributed by atoms with Crippen molar-refractivity contribution in [3.8, 4) is 5.75 Å². The first-order valence-electron chi connectivity index (χ1n) is 6.35. The van der Waals surface area contributed by atoms with Crippen LogP contribution in [-0.4, -0.2) is 55.9 Å². The summed E-state index contributed by atoms with van der Waals surface area (Å²) < 4.78 is 5.42. The average Bonchev–Trinajstić information content (AvgIpc) is 2.40. The van der Waals surface area contributed by atoms with Crippen molar-refractivity contribution in [2.75, 3.05) is 40.0 Å². The van der Waals surface area contributed by atoms with Crippen LogP contribution >= 0.6 is 0 Å². The van der Waals surface area contributed by atoms with Crippen molar-refractivity contribution < 1.29 is 14.3 Å². The lowest BCUT2D eigenvalue weighted by Gasteiger charge is -2.21. The molecule has 0 aromatic heterocycles. The zero-order valence-corrected chi connectivity index (χ0v) is 12.3. The Balaban J connectivity index is 2.97. The molecule has 110 valence electrons. The van der Waals surface area contributed by atoms with Gasteiger partial charge in [-0.25, -0.2) is 0 Å². The Kier molecular flexibility index (Phi) is 5.37. The predicted molar refractivity (Wildman–Crippen MR) is 77.7 cm³/mol. The molecule has 0 fully saturated rings. The third kappa shape index (κ3) is 3.63. The van der Waals surface area contributed by atoms with Crippen LogP contribution in [0.25, 0.3) is 0 Å². The average molecular weight is 279 g/mol. The third-order valence-electron chi connectivity index (χ3n) is 2.78. The van der Waals surface area contributed by atoms with Crippen LogP contribution < -0.4 is 10.5 Å². The Hall–Kier alpha value is -2.24. The summed E-state index contributed by atoms with van der Waals surface area (Å²) in [5.41, 5.74) is 6.59. The molecule has 0 saturated carbocycles. The van der Waals surface area contributed by atoms with Crippen LogP contribution in [0.1, 0.15) is 17.3 Å². The van der Waals surface area contributed by atoms with E-state index in [0.29, 0.717) is 23.6 Å². The molecule has 1 aromatic rings. The monoisotopic (exact) mass is 279 g/mol. The fourth-order valence-corrected chi connectivity index (χ4v) is 1.65. The van der Waals surface area contributed by atoms with Gasteiger partial charge >= 0.3 is 0 Å². The minimum Gasteiger partial charge on any atom is -0.491 e. The van der Waals surface area contributed by atoms with Gasteiger partial charge in [0.25, 0.3) is 5.91 Å². The van der Waals surface area contributed by atoms with Crippen molar-refractivity contribution in [2.24, 2.45) is 0 Å². The van der Waals surface area contributed by atoms with Crippen LogP contribution in [-0.2, 0) is 4.79 Å². The van der Waals surface area contributed by atoms with Crippen LogP contribution in [0.4, 0.5) is 5.69 Å². The van der Waals surface area contributed by atoms with E-state index in [2.05, 4.69) is 0 Å². The first-order chi connectivity index (χ1) is 9.38. The summed E-state index contributed by atoms with van der Waals surface area (Å²) in [4.78, 5) is 26.8. The van der Waals surface area contributed by atoms with Gasteiger partial charge in [0.15, 0.2) is 5.75 Å². The summed E-state index contributed by atoms with van der Waals surface area (Å²) in [5, 5.41) is 0. The van der Waals surface area contributed by atoms with E-state index in [-0.39, 0.29) is 18.4 Å². The van der Waals surface area contributed by atoms with Gasteiger partial charge in [-0.15, -0.1) is 0 Å². The summed E-state index contributed by atoms with van der Waals surface area (Å²) in [7, 11) is 4.86. The molecule has 6 nitrogen and oxygen atoms in total. The highest BCUT2D eigenvalue weighted by molar-refractivity contribution is 6.00. The lowest BCUT2D eigenvalue weighted by atomic mass is 10.1. The maximum atomic E-state index is 12.4. The SMILES string of the molecule is CCOc1c(N)cccc1C(=O)N(C)CC(=O)N(C)C. The van der Waals surface area contributed by atoms with Crippen LogP contribution in [0.15, 0.2) is 18.2 Å². The number of likely N-dealkylation sites (N-methyl/N-ethyl adjacent to an activating group) is 2. The Morgan fingerprint density at radius 1 is 1.25 bits per heavy atom. The second-order valence-corrected chi connectivity index (χ2v) is 4.61. The molecule has 1 aromatic carbocycles. The molecular weight excluding hydrogens is 258 g/mol. The number of ether oxygens (including phenoxy) is 1. The highest BCUT2D eigenvalue weighted by Crippen LogP contribution is 2.27. The van der Waals surface area contributed by atoms with Crippen LogP contribution in [0.5, 0.6) is 5.75 Å². The molecule has 2 amide bonds. The first-order valence-corrected chi connectivity index (χ1v) is 6.35. The molecule has 0 aliphatic heterocycles. The van der Waals surface area contributed by atoms with Gasteiger partial charge in [-0.1, -0.05) is 6.07 Å². The van der Waals surface area contributed by atoms with E-state index >= 15 is 0 Å². The second kappa shape index (κ2) is 6.79. The van der Waals surface area contributed by atoms with E-state index in [1.807, 2.05) is 6.92 Å². The van der Waals surface area contributed by atoms with Crippen molar-refractivity contribution in [3.63, 3.8) is 0 Å². The lowest BCUT2D eigenvalue weighted by molar-refractivity contribution is -0.129. The molecule has 0 aliphatic rings. The molecule has 1 rings (SSSR count). The van der Waals surface area contributed by atoms with E-state index in [0.717, 1.165) is 0 Å². The topological polar surface area (TPSA) is 75.9 Å². The molecule has 2 N–H and O–H groups in total. The van der Waals surface area contributed by atoms with E-state index in [9.17, 15) is 9.59 Å². The maximum absolute atomic E-state index is 12.4. The molecule has 0 spiro atoms. The Labute approximate surface area is 119 Å². The van der Waals surface area contributed by atoms with Gasteiger partial charge < -0.3 is 20.3 Å². The zero-order chi connectivity index (χ0) is 15.3. The van der Waals surface area contributed by atoms with Crippen LogP contribution in [0, 0.1) is 0 Å². The number of nitrogens with zero attached hydrogens (tertiary/aromatic N) is 2. The standard InChI is InChI=1S/C14H21N3O3/c1-5-20-13-10(7-6-8-11(13)15)14(19)17(4)9-12(18)16(2)3/h6-8H,5,9,15H2,1-4H3. The number of carbonyl (C=O) groups excluding carboxylic acids is 2. The Morgan fingerprint density at radius 2 is 1.90 bits per heavy atom. The molecule has 0 aliphatic carbocycles. The molecule has 6 heteroatoms. The summed E-state index contributed by atoms with van der Waals surface area (Å²) in [6.07, 6.45) is 0. The van der Waals surface area contributed by atoms with Gasteiger partial charge in [-0.3, -0.25) is 9.59 Å². The van der Waals surface area contributed by atoms with Crippen LogP contribution in [0.2, 0.25) is 0 Å². The summed E-state index contributed by atoms with van der Waals surface area (Å²) in [6.45, 7) is 2.24. The van der Waals surface area contributed by atoms with Gasteiger partial charge in [0.1, 0.15) is 0 Å². The largest absolute Gasteiger partial charge is 0.491 e. The van der Waals surface area contributed by atoms with Gasteiger partial charge in [0.2, 0.25) is 5.91 Å². The maximum Gasteiger partial charge on any atom is 0.257 e. The Bertz CT molecular complexity index is 500. The molecule has 0 saturated heterocycles. The Morgan fingerprint density at radius 3 is 2.45 bits per heavy atom. The quantitative estimate of drug-likeness (QED) is 0.810. The number of amides is 2. The van der Waals surface area contributed by atoms with Gasteiger partial charge in [0, 0.05) is 21.1 Å². The highest BCUT2D eigenvalue weighted by atomic mass is 16.5. The molecule has 0 radical (unpaired) electrons. The molecule has 0 unspecified atom stereocenters. The van der Waals surface area contributed by atoms with E-state index in [4.69, 9.17) is 10.5 Å².